The Morgan fingerprint density at radius 3 is 2.25 bits per heavy atom. The van der Waals surface area contributed by atoms with Gasteiger partial charge in [-0.1, -0.05) is 6.92 Å². The Morgan fingerprint density at radius 1 is 1.25 bits per heavy atom. The van der Waals surface area contributed by atoms with E-state index in [9.17, 15) is 4.57 Å². The summed E-state index contributed by atoms with van der Waals surface area (Å²) in [4.78, 5) is 4.11. The molecule has 0 aromatic carbocycles. The van der Waals surface area contributed by atoms with Crippen LogP contribution in [0.25, 0.3) is 0 Å². The molecular weight excluding hydrogens is 229 g/mol. The zero-order valence-electron chi connectivity index (χ0n) is 10.1. The van der Waals surface area contributed by atoms with E-state index in [0.29, 0.717) is 36.7 Å². The van der Waals surface area contributed by atoms with Gasteiger partial charge in [-0.3, -0.25) is 4.57 Å². The van der Waals surface area contributed by atoms with Crippen LogP contribution in [0, 0.1) is 6.92 Å². The van der Waals surface area contributed by atoms with Crippen LogP contribution in [0.5, 0.6) is 0 Å². The van der Waals surface area contributed by atoms with Crippen molar-refractivity contribution >= 4 is 13.0 Å². The first-order valence-electron chi connectivity index (χ1n) is 5.43. The summed E-state index contributed by atoms with van der Waals surface area (Å²) in [6.07, 6.45) is 0.611. The smallest absolute Gasteiger partial charge is 0.383 e. The molecular formula is C10H18NO4P. The molecule has 92 valence electrons. The maximum Gasteiger partial charge on any atom is 0.383 e. The molecule has 0 aliphatic heterocycles. The van der Waals surface area contributed by atoms with Gasteiger partial charge in [0.25, 0.3) is 0 Å². The Balaban J connectivity index is 3.14. The summed E-state index contributed by atoms with van der Waals surface area (Å²) in [7, 11) is -3.31. The summed E-state index contributed by atoms with van der Waals surface area (Å²) < 4.78 is 28.2. The van der Waals surface area contributed by atoms with Crippen molar-refractivity contribution in [3.8, 4) is 0 Å². The van der Waals surface area contributed by atoms with Gasteiger partial charge in [0.2, 0.25) is 0 Å². The van der Waals surface area contributed by atoms with Gasteiger partial charge in [0.05, 0.1) is 13.2 Å². The maximum absolute atomic E-state index is 12.4. The fraction of sp³-hybridized carbons (Fsp3) is 0.700. The summed E-state index contributed by atoms with van der Waals surface area (Å²) >= 11 is 0. The van der Waals surface area contributed by atoms with Crippen LogP contribution < -0.4 is 5.44 Å². The minimum absolute atomic E-state index is 0.312. The molecule has 0 atom stereocenters. The largest absolute Gasteiger partial charge is 0.445 e. The van der Waals surface area contributed by atoms with E-state index >= 15 is 0 Å². The molecule has 0 spiro atoms. The van der Waals surface area contributed by atoms with Crippen molar-refractivity contribution < 1.29 is 18.0 Å². The second-order valence-electron chi connectivity index (χ2n) is 3.17. The molecule has 0 saturated carbocycles. The van der Waals surface area contributed by atoms with Gasteiger partial charge in [-0.2, -0.15) is 0 Å². The van der Waals surface area contributed by atoms with E-state index in [4.69, 9.17) is 13.5 Å². The number of nitrogens with zero attached hydrogens (tertiary/aromatic N) is 1. The molecule has 6 heteroatoms. The standard InChI is InChI=1S/C10H18NO4P/c1-5-9-10(11-8(4)15-9)16(12,13-6-2)14-7-3/h5-7H2,1-4H3. The highest BCUT2D eigenvalue weighted by atomic mass is 31.2. The first-order valence-corrected chi connectivity index (χ1v) is 6.97. The highest BCUT2D eigenvalue weighted by Gasteiger charge is 2.33. The van der Waals surface area contributed by atoms with Gasteiger partial charge in [0.15, 0.2) is 11.3 Å². The van der Waals surface area contributed by atoms with Crippen LogP contribution in [0.3, 0.4) is 0 Å². The van der Waals surface area contributed by atoms with Crippen molar-refractivity contribution in [1.29, 1.82) is 0 Å². The van der Waals surface area contributed by atoms with E-state index < -0.39 is 7.60 Å². The van der Waals surface area contributed by atoms with Gasteiger partial charge in [-0.25, -0.2) is 4.98 Å². The lowest BCUT2D eigenvalue weighted by atomic mass is 10.4. The molecule has 0 radical (unpaired) electrons. The van der Waals surface area contributed by atoms with Crippen molar-refractivity contribution in [2.75, 3.05) is 13.2 Å². The lowest BCUT2D eigenvalue weighted by Gasteiger charge is -2.14. The Hall–Kier alpha value is -0.640. The molecule has 0 N–H and O–H groups in total. The average Bonchev–Trinajstić information content (AvgIpc) is 2.61. The van der Waals surface area contributed by atoms with Gasteiger partial charge < -0.3 is 13.5 Å². The van der Waals surface area contributed by atoms with Crippen molar-refractivity contribution in [2.24, 2.45) is 0 Å². The Kier molecular flexibility index (Phi) is 4.71. The van der Waals surface area contributed by atoms with E-state index in [1.807, 2.05) is 6.92 Å². The normalized spacial score (nSPS) is 12.0. The lowest BCUT2D eigenvalue weighted by Crippen LogP contribution is -2.15. The fourth-order valence-corrected chi connectivity index (χ4v) is 3.17. The minimum Gasteiger partial charge on any atom is -0.445 e. The molecule has 0 unspecified atom stereocenters. The van der Waals surface area contributed by atoms with E-state index in [0.717, 1.165) is 0 Å². The third kappa shape index (κ3) is 2.73. The zero-order valence-corrected chi connectivity index (χ0v) is 11.0. The minimum atomic E-state index is -3.31. The van der Waals surface area contributed by atoms with Crippen molar-refractivity contribution in [3.05, 3.63) is 11.7 Å². The van der Waals surface area contributed by atoms with Crippen LogP contribution >= 0.6 is 7.60 Å². The molecule has 0 aliphatic rings. The van der Waals surface area contributed by atoms with Crippen LogP contribution in [-0.2, 0) is 20.0 Å². The predicted octanol–water partition coefficient (Wildman–Crippen LogP) is 2.44. The van der Waals surface area contributed by atoms with Crippen molar-refractivity contribution in [3.63, 3.8) is 0 Å². The highest BCUT2D eigenvalue weighted by molar-refractivity contribution is 7.62. The number of hydrogen-bond acceptors (Lipinski definition) is 5. The van der Waals surface area contributed by atoms with Crippen LogP contribution in [0.1, 0.15) is 32.4 Å². The molecule has 1 rings (SSSR count). The molecule has 5 nitrogen and oxygen atoms in total. The molecule has 0 bridgehead atoms. The predicted molar refractivity (Wildman–Crippen MR) is 61.1 cm³/mol. The molecule has 0 aliphatic carbocycles. The number of hydrogen-bond donors (Lipinski definition) is 0. The molecule has 16 heavy (non-hydrogen) atoms. The van der Waals surface area contributed by atoms with Crippen LogP contribution in [0.4, 0.5) is 0 Å². The van der Waals surface area contributed by atoms with Gasteiger partial charge in [-0.15, -0.1) is 0 Å². The van der Waals surface area contributed by atoms with Crippen LogP contribution in [0.2, 0.25) is 0 Å². The number of rotatable bonds is 6. The molecule has 0 fully saturated rings. The first kappa shape index (κ1) is 13.4. The molecule has 1 heterocycles. The number of aromatic nitrogens is 1. The first-order chi connectivity index (χ1) is 7.57. The van der Waals surface area contributed by atoms with Crippen LogP contribution in [0.15, 0.2) is 4.42 Å². The van der Waals surface area contributed by atoms with E-state index in [1.165, 1.54) is 0 Å². The van der Waals surface area contributed by atoms with Crippen molar-refractivity contribution in [2.45, 2.75) is 34.1 Å². The third-order valence-electron chi connectivity index (χ3n) is 1.96. The Labute approximate surface area is 95.7 Å². The monoisotopic (exact) mass is 247 g/mol. The second-order valence-corrected chi connectivity index (χ2v) is 5.10. The average molecular weight is 247 g/mol. The summed E-state index contributed by atoms with van der Waals surface area (Å²) in [5, 5.41) is 0. The lowest BCUT2D eigenvalue weighted by molar-refractivity contribution is 0.229. The van der Waals surface area contributed by atoms with Gasteiger partial charge in [-0.05, 0) is 13.8 Å². The molecule has 0 amide bonds. The summed E-state index contributed by atoms with van der Waals surface area (Å²) in [6, 6.07) is 0. The van der Waals surface area contributed by atoms with Crippen LogP contribution in [-0.4, -0.2) is 18.2 Å². The van der Waals surface area contributed by atoms with E-state index in [2.05, 4.69) is 4.98 Å². The van der Waals surface area contributed by atoms with Gasteiger partial charge >= 0.3 is 7.60 Å². The molecule has 1 aromatic rings. The number of oxazole rings is 1. The van der Waals surface area contributed by atoms with E-state index in [1.54, 1.807) is 20.8 Å². The van der Waals surface area contributed by atoms with Gasteiger partial charge in [0, 0.05) is 13.3 Å². The van der Waals surface area contributed by atoms with Gasteiger partial charge in [0.1, 0.15) is 5.76 Å². The fourth-order valence-electron chi connectivity index (χ4n) is 1.40. The molecule has 0 saturated heterocycles. The summed E-state index contributed by atoms with van der Waals surface area (Å²) in [6.45, 7) is 7.78. The summed E-state index contributed by atoms with van der Waals surface area (Å²) in [5.41, 5.74) is 0.316. The quantitative estimate of drug-likeness (QED) is 0.722. The maximum atomic E-state index is 12.4. The Bertz CT molecular complexity index is 378. The third-order valence-corrected chi connectivity index (χ3v) is 4.03. The SMILES string of the molecule is CCOP(=O)(OCC)c1nc(C)oc1CC. The second kappa shape index (κ2) is 5.62. The molecule has 1 aromatic heterocycles. The zero-order chi connectivity index (χ0) is 12.2. The van der Waals surface area contributed by atoms with E-state index in [-0.39, 0.29) is 0 Å². The summed E-state index contributed by atoms with van der Waals surface area (Å²) in [5.74, 6) is 1.05. The topological polar surface area (TPSA) is 61.6 Å². The highest BCUT2D eigenvalue weighted by Crippen LogP contribution is 2.47. The number of aryl methyl sites for hydroxylation is 2. The Morgan fingerprint density at radius 2 is 1.81 bits per heavy atom. The van der Waals surface area contributed by atoms with Crippen molar-refractivity contribution in [1.82, 2.24) is 4.98 Å².